The molecule has 275 valence electrons. The topological polar surface area (TPSA) is 51.8 Å². The van der Waals surface area contributed by atoms with Gasteiger partial charge < -0.3 is 9.40 Å². The third kappa shape index (κ3) is 8.09. The van der Waals surface area contributed by atoms with Crippen LogP contribution in [0.15, 0.2) is 108 Å². The SMILES string of the molecule is CC(C)Cc1ccc2c(-c3ccc(-c4cccc5cc(C(C)(C)C)ccc45)cn3)[c-]c3ccoc3c2n1.Cc1c[c-]c(-c2cc(C)c(C)cn2)cc1C.[Ir]. The Hall–Kier alpha value is -4.96. The maximum atomic E-state index is 5.81. The standard InChI is InChI=1S/C34H31N2O.C15H16N.Ir/c1-21(2)17-26-11-13-29-30(19-23-15-16-37-33(23)32(29)36-26)31-14-9-24(20-35-31)27-8-6-7-22-18-25(34(3,4)5)10-12-28(22)27;1-10-5-6-14(7-11(10)2)15-8-12(3)13(4)9-16-15;/h6-16,18,20-21H,17H2,1-5H3;5,7-9H,1-4H3;/q2*-1;. The maximum absolute atomic E-state index is 5.81. The zero-order chi connectivity index (χ0) is 37.4. The molecule has 0 spiro atoms. The summed E-state index contributed by atoms with van der Waals surface area (Å²) in [5.41, 5.74) is 15.5. The molecule has 5 heteroatoms. The van der Waals surface area contributed by atoms with Gasteiger partial charge >= 0.3 is 0 Å². The minimum atomic E-state index is 0. The van der Waals surface area contributed by atoms with Gasteiger partial charge in [0.15, 0.2) is 0 Å². The van der Waals surface area contributed by atoms with Crippen LogP contribution in [0, 0.1) is 45.7 Å². The molecule has 4 nitrogen and oxygen atoms in total. The van der Waals surface area contributed by atoms with E-state index in [2.05, 4.69) is 152 Å². The van der Waals surface area contributed by atoms with Gasteiger partial charge in [0.2, 0.25) is 0 Å². The van der Waals surface area contributed by atoms with Crippen molar-refractivity contribution < 1.29 is 24.5 Å². The number of hydrogen-bond donors (Lipinski definition) is 0. The second kappa shape index (κ2) is 15.8. The maximum Gasteiger partial charge on any atom is 0.0847 e. The van der Waals surface area contributed by atoms with Crippen LogP contribution in [0.1, 0.15) is 68.1 Å². The van der Waals surface area contributed by atoms with Gasteiger partial charge in [-0.05, 0) is 76.4 Å². The minimum absolute atomic E-state index is 0. The molecule has 0 aliphatic rings. The van der Waals surface area contributed by atoms with Crippen LogP contribution in [-0.4, -0.2) is 15.0 Å². The fourth-order valence-corrected chi connectivity index (χ4v) is 6.70. The summed E-state index contributed by atoms with van der Waals surface area (Å²) in [5, 5.41) is 4.42. The summed E-state index contributed by atoms with van der Waals surface area (Å²) in [6.45, 7) is 19.6. The smallest absolute Gasteiger partial charge is 0.0847 e. The van der Waals surface area contributed by atoms with Crippen molar-refractivity contribution in [2.75, 3.05) is 0 Å². The molecule has 0 unspecified atom stereocenters. The van der Waals surface area contributed by atoms with E-state index in [0.717, 1.165) is 62.1 Å². The van der Waals surface area contributed by atoms with Crippen LogP contribution in [0.2, 0.25) is 0 Å². The summed E-state index contributed by atoms with van der Waals surface area (Å²) in [6.07, 6.45) is 6.54. The van der Waals surface area contributed by atoms with E-state index in [1.54, 1.807) is 6.26 Å². The first-order valence-corrected chi connectivity index (χ1v) is 18.5. The molecule has 0 saturated heterocycles. The average molecular weight is 886 g/mol. The Morgan fingerprint density at radius 1 is 0.741 bits per heavy atom. The Balaban J connectivity index is 0.000000246. The minimum Gasteiger partial charge on any atom is -0.506 e. The Kier molecular flexibility index (Phi) is 11.3. The molecule has 4 heterocycles. The molecule has 0 aliphatic heterocycles. The molecule has 0 amide bonds. The van der Waals surface area contributed by atoms with Crippen molar-refractivity contribution in [1.29, 1.82) is 0 Å². The van der Waals surface area contributed by atoms with E-state index in [4.69, 9.17) is 14.4 Å². The van der Waals surface area contributed by atoms with Gasteiger partial charge in [0.1, 0.15) is 0 Å². The second-order valence-electron chi connectivity index (χ2n) is 15.8. The number of nitrogens with zero attached hydrogens (tertiary/aromatic N) is 3. The second-order valence-corrected chi connectivity index (χ2v) is 15.8. The molecule has 0 N–H and O–H groups in total. The van der Waals surface area contributed by atoms with E-state index in [0.29, 0.717) is 5.92 Å². The van der Waals surface area contributed by atoms with Crippen LogP contribution in [0.25, 0.3) is 66.3 Å². The van der Waals surface area contributed by atoms with Gasteiger partial charge in [0.05, 0.1) is 5.58 Å². The van der Waals surface area contributed by atoms with Crippen molar-refractivity contribution in [1.82, 2.24) is 15.0 Å². The summed E-state index contributed by atoms with van der Waals surface area (Å²) < 4.78 is 5.81. The summed E-state index contributed by atoms with van der Waals surface area (Å²) in [4.78, 5) is 14.3. The van der Waals surface area contributed by atoms with Gasteiger partial charge in [0.25, 0.3) is 0 Å². The Morgan fingerprint density at radius 3 is 2.20 bits per heavy atom. The van der Waals surface area contributed by atoms with Crippen LogP contribution < -0.4 is 0 Å². The zero-order valence-electron chi connectivity index (χ0n) is 32.7. The van der Waals surface area contributed by atoms with Crippen molar-refractivity contribution >= 4 is 32.6 Å². The van der Waals surface area contributed by atoms with E-state index in [9.17, 15) is 0 Å². The Morgan fingerprint density at radius 2 is 1.50 bits per heavy atom. The van der Waals surface area contributed by atoms with Crippen LogP contribution >= 0.6 is 0 Å². The van der Waals surface area contributed by atoms with Gasteiger partial charge in [-0.2, -0.15) is 0 Å². The molecule has 0 fully saturated rings. The monoisotopic (exact) mass is 886 g/mol. The number of furan rings is 1. The molecule has 8 rings (SSSR count). The van der Waals surface area contributed by atoms with Crippen molar-refractivity contribution in [3.63, 3.8) is 0 Å². The van der Waals surface area contributed by atoms with Crippen molar-refractivity contribution in [2.24, 2.45) is 5.92 Å². The van der Waals surface area contributed by atoms with Crippen LogP contribution in [0.5, 0.6) is 0 Å². The van der Waals surface area contributed by atoms with E-state index >= 15 is 0 Å². The Bertz CT molecular complexity index is 2540. The van der Waals surface area contributed by atoms with Gasteiger partial charge in [-0.15, -0.1) is 41.0 Å². The molecule has 4 aromatic carbocycles. The van der Waals surface area contributed by atoms with E-state index < -0.39 is 0 Å². The van der Waals surface area contributed by atoms with Gasteiger partial charge in [-0.25, -0.2) is 0 Å². The third-order valence-corrected chi connectivity index (χ3v) is 10.1. The zero-order valence-corrected chi connectivity index (χ0v) is 35.1. The molecule has 54 heavy (non-hydrogen) atoms. The number of pyridine rings is 3. The van der Waals surface area contributed by atoms with E-state index in [1.165, 1.54) is 44.2 Å². The van der Waals surface area contributed by atoms with Gasteiger partial charge in [-0.3, -0.25) is 9.97 Å². The van der Waals surface area contributed by atoms with Crippen LogP contribution in [-0.2, 0) is 31.9 Å². The quantitative estimate of drug-likeness (QED) is 0.162. The summed E-state index contributed by atoms with van der Waals surface area (Å²) in [6, 6.07) is 36.9. The molecule has 0 aliphatic carbocycles. The number of hydrogen-bond acceptors (Lipinski definition) is 4. The predicted molar refractivity (Wildman–Crippen MR) is 221 cm³/mol. The van der Waals surface area contributed by atoms with Gasteiger partial charge in [0, 0.05) is 55.7 Å². The summed E-state index contributed by atoms with van der Waals surface area (Å²) in [5.74, 6) is 0.537. The molecule has 0 saturated carbocycles. The first kappa shape index (κ1) is 38.8. The van der Waals surface area contributed by atoms with E-state index in [1.807, 2.05) is 24.5 Å². The first-order valence-electron chi connectivity index (χ1n) is 18.5. The van der Waals surface area contributed by atoms with Crippen molar-refractivity contribution in [3.05, 3.63) is 149 Å². The molecule has 1 radical (unpaired) electrons. The van der Waals surface area contributed by atoms with Gasteiger partial charge in [-0.1, -0.05) is 137 Å². The fourth-order valence-electron chi connectivity index (χ4n) is 6.70. The number of benzene rings is 4. The Labute approximate surface area is 333 Å². The van der Waals surface area contributed by atoms with Crippen molar-refractivity contribution in [3.8, 4) is 33.6 Å². The number of aryl methyl sites for hydroxylation is 4. The molecule has 8 aromatic rings. The average Bonchev–Trinajstić information content (AvgIpc) is 3.62. The number of rotatable bonds is 5. The predicted octanol–water partition coefficient (Wildman–Crippen LogP) is 12.9. The number of fused-ring (bicyclic) bond motifs is 4. The molecule has 4 aromatic heterocycles. The van der Waals surface area contributed by atoms with Crippen LogP contribution in [0.4, 0.5) is 0 Å². The third-order valence-electron chi connectivity index (χ3n) is 10.1. The normalized spacial score (nSPS) is 11.5. The number of aromatic nitrogens is 3. The van der Waals surface area contributed by atoms with Crippen molar-refractivity contribution in [2.45, 2.75) is 74.1 Å². The largest absolute Gasteiger partial charge is 0.506 e. The molecular formula is C49H47IrN3O-2. The van der Waals surface area contributed by atoms with Crippen LogP contribution in [0.3, 0.4) is 0 Å². The molecule has 0 bridgehead atoms. The summed E-state index contributed by atoms with van der Waals surface area (Å²) in [7, 11) is 0. The molecular weight excluding hydrogens is 839 g/mol. The summed E-state index contributed by atoms with van der Waals surface area (Å²) >= 11 is 0. The molecule has 0 atom stereocenters. The van der Waals surface area contributed by atoms with E-state index in [-0.39, 0.29) is 25.5 Å². The first-order chi connectivity index (χ1) is 25.4. The fraction of sp³-hybridized carbons (Fsp3) is 0.245.